The van der Waals surface area contributed by atoms with Crippen LogP contribution >= 0.6 is 0 Å². The number of hydrogen-bond donors (Lipinski definition) is 2. The molecule has 2 N–H and O–H groups in total. The maximum Gasteiger partial charge on any atom is 0.321 e. The third-order valence-corrected chi connectivity index (χ3v) is 4.29. The molecule has 1 atom stereocenters. The van der Waals surface area contributed by atoms with Gasteiger partial charge in [0.05, 0.1) is 9.82 Å². The summed E-state index contributed by atoms with van der Waals surface area (Å²) in [5.74, 6) is -1.28. The van der Waals surface area contributed by atoms with Gasteiger partial charge in [0, 0.05) is 12.1 Å². The van der Waals surface area contributed by atoms with E-state index >= 15 is 0 Å². The lowest BCUT2D eigenvalue weighted by Gasteiger charge is -2.14. The third-order valence-electron chi connectivity index (χ3n) is 2.66. The summed E-state index contributed by atoms with van der Waals surface area (Å²) in [5, 5.41) is 19.4. The van der Waals surface area contributed by atoms with Crippen molar-refractivity contribution in [3.8, 4) is 0 Å². The van der Waals surface area contributed by atoms with E-state index < -0.39 is 27.0 Å². The van der Waals surface area contributed by atoms with Gasteiger partial charge >= 0.3 is 5.97 Å². The minimum atomic E-state index is -4.04. The number of rotatable bonds is 6. The van der Waals surface area contributed by atoms with Crippen LogP contribution in [0.25, 0.3) is 0 Å². The molecule has 0 aliphatic rings. The van der Waals surface area contributed by atoms with Crippen LogP contribution in [-0.4, -0.2) is 30.5 Å². The van der Waals surface area contributed by atoms with Gasteiger partial charge in [-0.15, -0.1) is 0 Å². The van der Waals surface area contributed by atoms with Crippen molar-refractivity contribution >= 4 is 21.7 Å². The topological polar surface area (TPSA) is 127 Å². The number of hydrogen-bond acceptors (Lipinski definition) is 5. The largest absolute Gasteiger partial charge is 0.480 e. The van der Waals surface area contributed by atoms with Gasteiger partial charge < -0.3 is 5.11 Å². The van der Waals surface area contributed by atoms with Crippen molar-refractivity contribution in [3.63, 3.8) is 0 Å². The highest BCUT2D eigenvalue weighted by Crippen LogP contribution is 2.21. The van der Waals surface area contributed by atoms with Crippen molar-refractivity contribution in [1.29, 1.82) is 0 Å². The Morgan fingerprint density at radius 2 is 2.10 bits per heavy atom. The van der Waals surface area contributed by atoms with E-state index in [1.807, 2.05) is 0 Å². The zero-order valence-electron chi connectivity index (χ0n) is 10.9. The minimum Gasteiger partial charge on any atom is -0.480 e. The van der Waals surface area contributed by atoms with Gasteiger partial charge in [-0.05, 0) is 25.0 Å². The Balaban J connectivity index is 3.16. The number of aryl methyl sites for hydroxylation is 1. The second-order valence-corrected chi connectivity index (χ2v) is 5.81. The van der Waals surface area contributed by atoms with Crippen LogP contribution in [0.2, 0.25) is 0 Å². The predicted octanol–water partition coefficient (Wildman–Crippen LogP) is 1.04. The Morgan fingerprint density at radius 3 is 2.50 bits per heavy atom. The summed E-state index contributed by atoms with van der Waals surface area (Å²) in [5.41, 5.74) is -0.0568. The lowest BCUT2D eigenvalue weighted by Crippen LogP contribution is -2.40. The van der Waals surface area contributed by atoms with Gasteiger partial charge in [-0.25, -0.2) is 8.42 Å². The predicted molar refractivity (Wildman–Crippen MR) is 69.9 cm³/mol. The maximum absolute atomic E-state index is 12.1. The highest BCUT2D eigenvalue weighted by molar-refractivity contribution is 7.89. The second-order valence-electron chi connectivity index (χ2n) is 4.13. The zero-order chi connectivity index (χ0) is 15.5. The second kappa shape index (κ2) is 5.97. The van der Waals surface area contributed by atoms with Crippen molar-refractivity contribution in [1.82, 2.24) is 4.72 Å². The van der Waals surface area contributed by atoms with Gasteiger partial charge in [-0.1, -0.05) is 6.92 Å². The molecule has 1 aromatic rings. The number of nitrogens with zero attached hydrogens (tertiary/aromatic N) is 1. The molecule has 0 unspecified atom stereocenters. The first kappa shape index (κ1) is 16.1. The molecule has 0 aliphatic carbocycles. The van der Waals surface area contributed by atoms with Crippen molar-refractivity contribution in [3.05, 3.63) is 33.9 Å². The molecule has 0 aliphatic heterocycles. The van der Waals surface area contributed by atoms with E-state index in [0.717, 1.165) is 18.2 Å². The molecule has 0 amide bonds. The molecule has 1 aromatic carbocycles. The minimum absolute atomic E-state index is 0.0839. The number of carboxylic acid groups (broad SMARTS) is 1. The van der Waals surface area contributed by atoms with Gasteiger partial charge in [0.15, 0.2) is 0 Å². The van der Waals surface area contributed by atoms with Crippen LogP contribution in [0.15, 0.2) is 23.1 Å². The quantitative estimate of drug-likeness (QED) is 0.597. The standard InChI is InChI=1S/C11H14N2O6S/c1-3-9(11(14)15)12-20(18,19)10-5-4-8(13(16)17)6-7(10)2/h4-6,9,12H,3H2,1-2H3,(H,14,15)/t9-/m1/s1. The number of carbonyl (C=O) groups is 1. The van der Waals surface area contributed by atoms with E-state index in [2.05, 4.69) is 4.72 Å². The number of nitro groups is 1. The van der Waals surface area contributed by atoms with Crippen LogP contribution in [0, 0.1) is 17.0 Å². The molecular weight excluding hydrogens is 288 g/mol. The average Bonchev–Trinajstić information content (AvgIpc) is 2.35. The van der Waals surface area contributed by atoms with E-state index in [9.17, 15) is 23.3 Å². The fraction of sp³-hybridized carbons (Fsp3) is 0.364. The van der Waals surface area contributed by atoms with Crippen LogP contribution in [0.3, 0.4) is 0 Å². The summed E-state index contributed by atoms with van der Waals surface area (Å²) >= 11 is 0. The van der Waals surface area contributed by atoms with Crippen molar-refractivity contribution < 1.29 is 23.2 Å². The van der Waals surface area contributed by atoms with Gasteiger partial charge in [0.2, 0.25) is 10.0 Å². The summed E-state index contributed by atoms with van der Waals surface area (Å²) in [6, 6.07) is 2.03. The smallest absolute Gasteiger partial charge is 0.321 e. The molecule has 9 heteroatoms. The molecule has 1 rings (SSSR count). The van der Waals surface area contributed by atoms with Gasteiger partial charge in [0.1, 0.15) is 6.04 Å². The fourth-order valence-electron chi connectivity index (χ4n) is 1.61. The maximum atomic E-state index is 12.1. The number of nitro benzene ring substituents is 1. The van der Waals surface area contributed by atoms with Crippen LogP contribution < -0.4 is 4.72 Å². The van der Waals surface area contributed by atoms with E-state index in [-0.39, 0.29) is 22.6 Å². The highest BCUT2D eigenvalue weighted by atomic mass is 32.2. The Morgan fingerprint density at radius 1 is 1.50 bits per heavy atom. The van der Waals surface area contributed by atoms with Crippen LogP contribution in [-0.2, 0) is 14.8 Å². The van der Waals surface area contributed by atoms with Crippen LogP contribution in [0.1, 0.15) is 18.9 Å². The normalized spacial score (nSPS) is 12.9. The molecule has 110 valence electrons. The lowest BCUT2D eigenvalue weighted by atomic mass is 10.2. The first-order valence-electron chi connectivity index (χ1n) is 5.69. The fourth-order valence-corrected chi connectivity index (χ4v) is 3.11. The van der Waals surface area contributed by atoms with Gasteiger partial charge in [-0.2, -0.15) is 4.72 Å². The third kappa shape index (κ3) is 3.52. The molecule has 0 radical (unpaired) electrons. The number of sulfonamides is 1. The number of aliphatic carboxylic acids is 1. The Bertz CT molecular complexity index is 640. The summed E-state index contributed by atoms with van der Waals surface area (Å²) < 4.78 is 26.2. The van der Waals surface area contributed by atoms with Gasteiger partial charge in [0.25, 0.3) is 5.69 Å². The zero-order valence-corrected chi connectivity index (χ0v) is 11.7. The molecule has 20 heavy (non-hydrogen) atoms. The van der Waals surface area contributed by atoms with Crippen molar-refractivity contribution in [2.45, 2.75) is 31.2 Å². The average molecular weight is 302 g/mol. The molecule has 0 saturated carbocycles. The number of non-ortho nitro benzene ring substituents is 1. The number of carboxylic acids is 1. The first-order valence-corrected chi connectivity index (χ1v) is 7.17. The Hall–Kier alpha value is -2.00. The van der Waals surface area contributed by atoms with Gasteiger partial charge in [-0.3, -0.25) is 14.9 Å². The molecular formula is C11H14N2O6S. The van der Waals surface area contributed by atoms with E-state index in [4.69, 9.17) is 5.11 Å². The number of benzene rings is 1. The Labute approximate surface area is 115 Å². The number of nitrogens with one attached hydrogen (secondary N) is 1. The van der Waals surface area contributed by atoms with E-state index in [0.29, 0.717) is 0 Å². The Kier molecular flexibility index (Phi) is 4.79. The molecule has 0 spiro atoms. The summed E-state index contributed by atoms with van der Waals surface area (Å²) in [6.45, 7) is 2.94. The highest BCUT2D eigenvalue weighted by Gasteiger charge is 2.25. The molecule has 0 bridgehead atoms. The summed E-state index contributed by atoms with van der Waals surface area (Å²) in [6.07, 6.45) is 0.0839. The van der Waals surface area contributed by atoms with Crippen LogP contribution in [0.5, 0.6) is 0 Å². The molecule has 0 fully saturated rings. The van der Waals surface area contributed by atoms with Crippen molar-refractivity contribution in [2.75, 3.05) is 0 Å². The SMILES string of the molecule is CC[C@@H](NS(=O)(=O)c1ccc([N+](=O)[O-])cc1C)C(=O)O. The summed E-state index contributed by atoms with van der Waals surface area (Å²) in [4.78, 5) is 20.6. The molecule has 0 heterocycles. The van der Waals surface area contributed by atoms with E-state index in [1.165, 1.54) is 13.8 Å². The van der Waals surface area contributed by atoms with Crippen molar-refractivity contribution in [2.24, 2.45) is 0 Å². The molecule has 0 aromatic heterocycles. The van der Waals surface area contributed by atoms with Crippen LogP contribution in [0.4, 0.5) is 5.69 Å². The van der Waals surface area contributed by atoms with E-state index in [1.54, 1.807) is 0 Å². The first-order chi connectivity index (χ1) is 9.19. The lowest BCUT2D eigenvalue weighted by molar-refractivity contribution is -0.385. The molecule has 0 saturated heterocycles. The summed E-state index contributed by atoms with van der Waals surface area (Å²) in [7, 11) is -4.04. The molecule has 8 nitrogen and oxygen atoms in total. The monoisotopic (exact) mass is 302 g/mol.